The molecule has 0 aromatic carbocycles. The number of halogens is 1. The third-order valence-electron chi connectivity index (χ3n) is 7.94. The first-order chi connectivity index (χ1) is 23.5. The third kappa shape index (κ3) is 8.22. The predicted molar refractivity (Wildman–Crippen MR) is 171 cm³/mol. The molecule has 0 radical (unpaired) electrons. The van der Waals surface area contributed by atoms with Crippen LogP contribution < -0.4 is 15.6 Å². The highest BCUT2D eigenvalue weighted by Gasteiger charge is 2.51. The number of anilines is 1. The maximum atomic E-state index is 16.3. The molecule has 6 rings (SSSR count). The minimum atomic E-state index is -3.84. The molecule has 3 aliphatic rings. The van der Waals surface area contributed by atoms with Gasteiger partial charge in [0.15, 0.2) is 23.6 Å². The molecule has 2 saturated heterocycles. The van der Waals surface area contributed by atoms with E-state index < -0.39 is 81.7 Å². The number of H-pyrrole nitrogens is 1. The van der Waals surface area contributed by atoms with Gasteiger partial charge in [-0.1, -0.05) is 13.8 Å². The number of imidazole rings is 1. The Hall–Kier alpha value is -3.24. The first-order valence-electron chi connectivity index (χ1n) is 15.3. The van der Waals surface area contributed by atoms with E-state index >= 15 is 4.39 Å². The van der Waals surface area contributed by atoms with Crippen LogP contribution in [-0.4, -0.2) is 85.8 Å². The Balaban J connectivity index is 1.30. The SMILES string of the molecule is CC(C)C(=O)Nc1nc2c(ncn2[C@@H]2O[C@@H]3CO[PH](=O)O[C@H]4C[C@H](Oc5ccncn5)C[C@@H]4COP(=S)(OCCC#N)O[C@@H]2[C@@H]3F)c(=O)[nH]1. The van der Waals surface area contributed by atoms with Crippen LogP contribution in [0.25, 0.3) is 11.2 Å². The summed E-state index contributed by atoms with van der Waals surface area (Å²) in [5.41, 5.74) is -0.856. The smallest absolute Gasteiger partial charge is 0.327 e. The monoisotopic (exact) mass is 742 g/mol. The third-order valence-corrected chi connectivity index (χ3v) is 11.2. The molecule has 1 amide bonds. The van der Waals surface area contributed by atoms with Crippen LogP contribution in [0.5, 0.6) is 5.88 Å². The molecule has 1 saturated carbocycles. The van der Waals surface area contributed by atoms with Crippen LogP contribution in [0.2, 0.25) is 0 Å². The highest BCUT2D eigenvalue weighted by atomic mass is 32.5. The lowest BCUT2D eigenvalue weighted by Gasteiger charge is -2.29. The molecular formula is C27H33FN8O10P2S. The molecule has 3 aromatic rings. The van der Waals surface area contributed by atoms with Gasteiger partial charge in [-0.05, 0) is 18.2 Å². The zero-order valence-electron chi connectivity index (χ0n) is 26.2. The summed E-state index contributed by atoms with van der Waals surface area (Å²) >= 11 is 5.75. The number of ether oxygens (including phenoxy) is 2. The molecule has 0 spiro atoms. The van der Waals surface area contributed by atoms with E-state index in [-0.39, 0.29) is 36.7 Å². The first kappa shape index (κ1) is 35.6. The highest BCUT2D eigenvalue weighted by Crippen LogP contribution is 2.56. The number of nitrogens with one attached hydrogen (secondary N) is 2. The van der Waals surface area contributed by atoms with Crippen molar-refractivity contribution in [2.24, 2.45) is 11.8 Å². The fraction of sp³-hybridized carbons (Fsp3) is 0.593. The number of carbonyl (C=O) groups excluding carboxylic acids is 1. The van der Waals surface area contributed by atoms with E-state index in [0.717, 1.165) is 0 Å². The largest absolute Gasteiger partial charge is 0.474 e. The number of amides is 1. The Kier molecular flexibility index (Phi) is 11.1. The topological polar surface area (TPSA) is 224 Å². The van der Waals surface area contributed by atoms with Gasteiger partial charge in [-0.15, -0.1) is 0 Å². The summed E-state index contributed by atoms with van der Waals surface area (Å²) in [5, 5.41) is 11.7. The van der Waals surface area contributed by atoms with E-state index in [9.17, 15) is 14.2 Å². The maximum Gasteiger partial charge on any atom is 0.327 e. The fourth-order valence-electron chi connectivity index (χ4n) is 5.52. The Morgan fingerprint density at radius 1 is 1.33 bits per heavy atom. The van der Waals surface area contributed by atoms with Crippen molar-refractivity contribution >= 4 is 49.8 Å². The first-order valence-corrected chi connectivity index (χ1v) is 19.1. The van der Waals surface area contributed by atoms with Crippen LogP contribution in [0.15, 0.2) is 29.7 Å². The van der Waals surface area contributed by atoms with E-state index in [4.69, 9.17) is 49.2 Å². The lowest BCUT2D eigenvalue weighted by Crippen LogP contribution is -2.32. The van der Waals surface area contributed by atoms with Gasteiger partial charge in [-0.25, -0.2) is 19.3 Å². The summed E-state index contributed by atoms with van der Waals surface area (Å²) in [5.74, 6) is -1.06. The van der Waals surface area contributed by atoms with Gasteiger partial charge in [0.1, 0.15) is 24.6 Å². The molecule has 1 aliphatic carbocycles. The lowest BCUT2D eigenvalue weighted by molar-refractivity contribution is -0.118. The number of hydrogen-bond acceptors (Lipinski definition) is 16. The second-order valence-corrected chi connectivity index (χ2v) is 15.7. The lowest BCUT2D eigenvalue weighted by atomic mass is 10.1. The zero-order chi connectivity index (χ0) is 34.7. The fourth-order valence-corrected chi connectivity index (χ4v) is 8.53. The number of carbonyl (C=O) groups is 1. The predicted octanol–water partition coefficient (Wildman–Crippen LogP) is 2.96. The summed E-state index contributed by atoms with van der Waals surface area (Å²) in [6, 6.07) is 3.56. The van der Waals surface area contributed by atoms with Gasteiger partial charge in [0.25, 0.3) is 5.56 Å². The summed E-state index contributed by atoms with van der Waals surface area (Å²) in [6.07, 6.45) is -2.52. The molecular weight excluding hydrogens is 709 g/mol. The van der Waals surface area contributed by atoms with E-state index in [1.807, 2.05) is 6.07 Å². The Morgan fingerprint density at radius 3 is 2.92 bits per heavy atom. The molecule has 3 fully saturated rings. The minimum absolute atomic E-state index is 0.0546. The van der Waals surface area contributed by atoms with Crippen molar-refractivity contribution in [3.05, 3.63) is 35.3 Å². The van der Waals surface area contributed by atoms with Gasteiger partial charge in [0.2, 0.25) is 17.7 Å². The number of alkyl halides is 1. The van der Waals surface area contributed by atoms with Crippen molar-refractivity contribution < 1.29 is 45.8 Å². The van der Waals surface area contributed by atoms with Crippen LogP contribution >= 0.6 is 15.0 Å². The van der Waals surface area contributed by atoms with Crippen molar-refractivity contribution in [3.63, 3.8) is 0 Å². The maximum absolute atomic E-state index is 16.3. The van der Waals surface area contributed by atoms with Gasteiger partial charge in [-0.2, -0.15) is 10.2 Å². The number of aromatic nitrogens is 6. The van der Waals surface area contributed by atoms with Crippen LogP contribution in [0.4, 0.5) is 10.3 Å². The van der Waals surface area contributed by atoms with Gasteiger partial charge in [0.05, 0.1) is 44.7 Å². The molecule has 2 bridgehead atoms. The number of hydrogen-bond donors (Lipinski definition) is 2. The van der Waals surface area contributed by atoms with Gasteiger partial charge < -0.3 is 27.6 Å². The molecule has 2 N–H and O–H groups in total. The summed E-state index contributed by atoms with van der Waals surface area (Å²) in [7, 11) is -3.18. The molecule has 264 valence electrons. The molecule has 49 heavy (non-hydrogen) atoms. The Bertz CT molecular complexity index is 1830. The molecule has 22 heteroatoms. The Labute approximate surface area is 284 Å². The van der Waals surface area contributed by atoms with Crippen molar-refractivity contribution in [1.82, 2.24) is 29.5 Å². The van der Waals surface area contributed by atoms with Crippen molar-refractivity contribution in [1.29, 1.82) is 5.26 Å². The van der Waals surface area contributed by atoms with Gasteiger partial charge in [0, 0.05) is 30.5 Å². The molecule has 18 nitrogen and oxygen atoms in total. The zero-order valence-corrected chi connectivity index (χ0v) is 28.9. The number of nitrogens with zero attached hydrogens (tertiary/aromatic N) is 6. The standard InChI is InChI=1S/C27H33FN8O10P2S/c1-14(2)24(37)34-27-33-23-21(25(38)35-27)32-13-36(23)26-22-20(28)18(44-26)11-40-47(39)45-17-9-16(43-19-4-6-30-12-31-19)8-15(17)10-42-48(49,46-22)41-7-3-5-29/h4,6,12-18,20,22,26,47H,3,7-11H2,1-2H3,(H2,33,34,35,37,38)/t15-,16-,17+,18-,20-,22-,26-,48?/m1/s1. The average molecular weight is 743 g/mol. The van der Waals surface area contributed by atoms with Gasteiger partial charge in [-0.3, -0.25) is 33.5 Å². The second-order valence-electron chi connectivity index (χ2n) is 11.7. The number of aromatic amines is 1. The van der Waals surface area contributed by atoms with Crippen molar-refractivity contribution in [3.8, 4) is 11.9 Å². The molecule has 9 atom stereocenters. The van der Waals surface area contributed by atoms with E-state index in [1.54, 1.807) is 19.9 Å². The van der Waals surface area contributed by atoms with Crippen LogP contribution in [0.1, 0.15) is 39.3 Å². The molecule has 3 aromatic heterocycles. The summed E-state index contributed by atoms with van der Waals surface area (Å²) in [6.45, 7) is -1.29. The number of rotatable bonds is 8. The highest BCUT2D eigenvalue weighted by molar-refractivity contribution is 8.07. The van der Waals surface area contributed by atoms with E-state index in [0.29, 0.717) is 18.7 Å². The molecule has 2 unspecified atom stereocenters. The van der Waals surface area contributed by atoms with E-state index in [1.165, 1.54) is 23.4 Å². The van der Waals surface area contributed by atoms with Crippen LogP contribution in [-0.2, 0) is 48.5 Å². The van der Waals surface area contributed by atoms with Crippen molar-refractivity contribution in [2.75, 3.05) is 25.1 Å². The summed E-state index contributed by atoms with van der Waals surface area (Å²) < 4.78 is 71.9. The quantitative estimate of drug-likeness (QED) is 0.250. The van der Waals surface area contributed by atoms with Crippen LogP contribution in [0.3, 0.4) is 0 Å². The number of fused-ring (bicyclic) bond motifs is 4. The summed E-state index contributed by atoms with van der Waals surface area (Å²) in [4.78, 5) is 44.1. The normalized spacial score (nSPS) is 32.1. The van der Waals surface area contributed by atoms with Crippen molar-refractivity contribution in [2.45, 2.75) is 69.9 Å². The number of nitriles is 1. The van der Waals surface area contributed by atoms with Gasteiger partial charge >= 0.3 is 15.0 Å². The molecule has 2 aliphatic heterocycles. The Morgan fingerprint density at radius 2 is 2.16 bits per heavy atom. The van der Waals surface area contributed by atoms with Crippen LogP contribution in [0, 0.1) is 23.2 Å². The molecule has 5 heterocycles. The minimum Gasteiger partial charge on any atom is -0.474 e. The average Bonchev–Trinajstić information content (AvgIpc) is 3.75. The second kappa shape index (κ2) is 15.3. The van der Waals surface area contributed by atoms with E-state index in [2.05, 4.69) is 30.2 Å².